The average Bonchev–Trinajstić information content (AvgIpc) is 3.10. The Morgan fingerprint density at radius 3 is 2.50 bits per heavy atom. The first kappa shape index (κ1) is 24.0. The minimum atomic E-state index is 0. The van der Waals surface area contributed by atoms with E-state index >= 15 is 0 Å². The van der Waals surface area contributed by atoms with Gasteiger partial charge in [-0.1, -0.05) is 19.8 Å². The first-order valence-electron chi connectivity index (χ1n) is 10.3. The van der Waals surface area contributed by atoms with Crippen molar-refractivity contribution in [3.63, 3.8) is 0 Å². The molecule has 2 fully saturated rings. The number of rotatable bonds is 9. The van der Waals surface area contributed by atoms with Crippen LogP contribution in [0, 0.1) is 11.3 Å². The van der Waals surface area contributed by atoms with Gasteiger partial charge in [-0.2, -0.15) is 0 Å². The molecular weight excluding hydrogens is 439 g/mol. The maximum atomic E-state index is 5.33. The summed E-state index contributed by atoms with van der Waals surface area (Å²) in [6.45, 7) is 9.00. The molecule has 1 aliphatic carbocycles. The summed E-state index contributed by atoms with van der Waals surface area (Å²) in [6, 6.07) is 0. The molecule has 0 aromatic carbocycles. The van der Waals surface area contributed by atoms with Crippen molar-refractivity contribution in [2.45, 2.75) is 58.3 Å². The number of nitrogens with zero attached hydrogens (tertiary/aromatic N) is 2. The second-order valence-corrected chi connectivity index (χ2v) is 8.18. The van der Waals surface area contributed by atoms with E-state index in [4.69, 9.17) is 4.74 Å². The summed E-state index contributed by atoms with van der Waals surface area (Å²) < 4.78 is 5.33. The van der Waals surface area contributed by atoms with E-state index in [1.807, 2.05) is 7.05 Å². The molecule has 1 saturated heterocycles. The van der Waals surface area contributed by atoms with Crippen LogP contribution in [0.5, 0.6) is 0 Å². The van der Waals surface area contributed by atoms with Gasteiger partial charge < -0.3 is 20.3 Å². The molecule has 5 nitrogen and oxygen atoms in total. The lowest BCUT2D eigenvalue weighted by Gasteiger charge is -2.31. The Bertz CT molecular complexity index is 391. The van der Waals surface area contributed by atoms with Crippen LogP contribution < -0.4 is 10.6 Å². The highest BCUT2D eigenvalue weighted by Crippen LogP contribution is 2.40. The Morgan fingerprint density at radius 2 is 1.88 bits per heavy atom. The molecule has 0 atom stereocenters. The number of halogens is 1. The van der Waals surface area contributed by atoms with Gasteiger partial charge in [0, 0.05) is 33.9 Å². The van der Waals surface area contributed by atoms with Gasteiger partial charge >= 0.3 is 0 Å². The maximum absolute atomic E-state index is 5.33. The predicted molar refractivity (Wildman–Crippen MR) is 122 cm³/mol. The van der Waals surface area contributed by atoms with Gasteiger partial charge in [0.2, 0.25) is 0 Å². The number of hydrogen-bond acceptors (Lipinski definition) is 3. The molecule has 0 aromatic rings. The van der Waals surface area contributed by atoms with Crippen LogP contribution in [0.1, 0.15) is 58.3 Å². The van der Waals surface area contributed by atoms with Crippen LogP contribution in [0.2, 0.25) is 0 Å². The third-order valence-corrected chi connectivity index (χ3v) is 6.17. The first-order chi connectivity index (χ1) is 12.2. The van der Waals surface area contributed by atoms with Gasteiger partial charge in [0.15, 0.2) is 5.96 Å². The highest BCUT2D eigenvalue weighted by atomic mass is 127. The van der Waals surface area contributed by atoms with Crippen LogP contribution in [0.4, 0.5) is 0 Å². The largest absolute Gasteiger partial charge is 0.385 e. The highest BCUT2D eigenvalue weighted by molar-refractivity contribution is 14.0. The van der Waals surface area contributed by atoms with Crippen LogP contribution in [0.15, 0.2) is 4.99 Å². The van der Waals surface area contributed by atoms with Gasteiger partial charge in [-0.15, -0.1) is 24.0 Å². The van der Waals surface area contributed by atoms with E-state index in [1.165, 1.54) is 64.6 Å². The quantitative estimate of drug-likeness (QED) is 0.230. The van der Waals surface area contributed by atoms with E-state index in [-0.39, 0.29) is 24.0 Å². The number of aliphatic imine (C=N–C) groups is 1. The lowest BCUT2D eigenvalue weighted by Crippen LogP contribution is -2.44. The van der Waals surface area contributed by atoms with Crippen LogP contribution in [0.3, 0.4) is 0 Å². The normalized spacial score (nSPS) is 21.4. The lowest BCUT2D eigenvalue weighted by molar-refractivity contribution is 0.138. The monoisotopic (exact) mass is 480 g/mol. The smallest absolute Gasteiger partial charge is 0.190 e. The number of methoxy groups -OCH3 is 1. The van der Waals surface area contributed by atoms with Gasteiger partial charge in [0.25, 0.3) is 0 Å². The summed E-state index contributed by atoms with van der Waals surface area (Å²) in [5.41, 5.74) is 0.401. The fraction of sp³-hybridized carbons (Fsp3) is 0.950. The molecule has 2 aliphatic rings. The minimum absolute atomic E-state index is 0. The molecule has 0 unspecified atom stereocenters. The fourth-order valence-electron chi connectivity index (χ4n) is 4.25. The van der Waals surface area contributed by atoms with E-state index in [2.05, 4.69) is 27.4 Å². The van der Waals surface area contributed by atoms with Gasteiger partial charge in [-0.25, -0.2) is 0 Å². The number of piperidine rings is 1. The van der Waals surface area contributed by atoms with Crippen molar-refractivity contribution in [2.24, 2.45) is 16.3 Å². The summed E-state index contributed by atoms with van der Waals surface area (Å²) in [5, 5.41) is 7.07. The molecule has 154 valence electrons. The second-order valence-electron chi connectivity index (χ2n) is 8.18. The van der Waals surface area contributed by atoms with Crippen LogP contribution in [-0.2, 0) is 4.74 Å². The molecule has 1 saturated carbocycles. The minimum Gasteiger partial charge on any atom is -0.385 e. The van der Waals surface area contributed by atoms with Crippen molar-refractivity contribution >= 4 is 29.9 Å². The zero-order valence-corrected chi connectivity index (χ0v) is 19.5. The van der Waals surface area contributed by atoms with E-state index in [1.54, 1.807) is 7.11 Å². The molecule has 0 aromatic heterocycles. The molecule has 0 amide bonds. The third-order valence-electron chi connectivity index (χ3n) is 6.17. The standard InChI is InChI=1S/C20H40N4O.HI/c1-18-7-14-24(15-8-18)13-6-12-22-19(21-2)23-17-20(11-16-25-3)9-4-5-10-20;/h18H,4-17H2,1-3H3,(H2,21,22,23);1H. The van der Waals surface area contributed by atoms with Crippen molar-refractivity contribution < 1.29 is 4.74 Å². The van der Waals surface area contributed by atoms with Crippen LogP contribution >= 0.6 is 24.0 Å². The highest BCUT2D eigenvalue weighted by Gasteiger charge is 2.33. The molecular formula is C20H41IN4O. The first-order valence-corrected chi connectivity index (χ1v) is 10.3. The van der Waals surface area contributed by atoms with E-state index in [0.717, 1.165) is 38.0 Å². The average molecular weight is 480 g/mol. The number of hydrogen-bond donors (Lipinski definition) is 2. The Balaban J connectivity index is 0.00000338. The molecule has 0 spiro atoms. The van der Waals surface area contributed by atoms with E-state index < -0.39 is 0 Å². The molecule has 26 heavy (non-hydrogen) atoms. The molecule has 2 rings (SSSR count). The molecule has 6 heteroatoms. The molecule has 2 N–H and O–H groups in total. The van der Waals surface area contributed by atoms with E-state index in [9.17, 15) is 0 Å². The topological polar surface area (TPSA) is 48.9 Å². The zero-order chi connectivity index (χ0) is 18.0. The fourth-order valence-corrected chi connectivity index (χ4v) is 4.25. The van der Waals surface area contributed by atoms with Crippen molar-refractivity contribution in [3.05, 3.63) is 0 Å². The maximum Gasteiger partial charge on any atom is 0.190 e. The van der Waals surface area contributed by atoms with Gasteiger partial charge in [0.1, 0.15) is 0 Å². The number of ether oxygens (including phenoxy) is 1. The summed E-state index contributed by atoms with van der Waals surface area (Å²) in [6.07, 6.45) is 10.4. The van der Waals surface area contributed by atoms with Crippen molar-refractivity contribution in [3.8, 4) is 0 Å². The lowest BCUT2D eigenvalue weighted by atomic mass is 9.83. The van der Waals surface area contributed by atoms with Gasteiger partial charge in [0.05, 0.1) is 0 Å². The summed E-state index contributed by atoms with van der Waals surface area (Å²) >= 11 is 0. The number of nitrogens with one attached hydrogen (secondary N) is 2. The number of likely N-dealkylation sites (tertiary alicyclic amines) is 1. The summed E-state index contributed by atoms with van der Waals surface area (Å²) in [7, 11) is 3.68. The Hall–Kier alpha value is -0.0800. The Morgan fingerprint density at radius 1 is 1.19 bits per heavy atom. The SMILES string of the molecule is CN=C(NCCCN1CCC(C)CC1)NCC1(CCOC)CCCC1.I. The zero-order valence-electron chi connectivity index (χ0n) is 17.2. The summed E-state index contributed by atoms with van der Waals surface area (Å²) in [4.78, 5) is 7.01. The van der Waals surface area contributed by atoms with Crippen molar-refractivity contribution in [1.29, 1.82) is 0 Å². The Kier molecular flexibility index (Phi) is 12.1. The van der Waals surface area contributed by atoms with E-state index in [0.29, 0.717) is 5.41 Å². The molecule has 1 aliphatic heterocycles. The van der Waals surface area contributed by atoms with Crippen molar-refractivity contribution in [2.75, 3.05) is 53.5 Å². The summed E-state index contributed by atoms with van der Waals surface area (Å²) in [5.74, 6) is 1.87. The van der Waals surface area contributed by atoms with Crippen LogP contribution in [0.25, 0.3) is 0 Å². The van der Waals surface area contributed by atoms with Crippen molar-refractivity contribution in [1.82, 2.24) is 15.5 Å². The molecule has 0 bridgehead atoms. The molecule has 1 heterocycles. The molecule has 0 radical (unpaired) electrons. The number of guanidine groups is 1. The predicted octanol–water partition coefficient (Wildman–Crippen LogP) is 3.49. The van der Waals surface area contributed by atoms with Gasteiger partial charge in [-0.05, 0) is 69.5 Å². The third kappa shape index (κ3) is 8.30. The second kappa shape index (κ2) is 13.2. The van der Waals surface area contributed by atoms with Gasteiger partial charge in [-0.3, -0.25) is 4.99 Å². The Labute approximate surface area is 178 Å². The van der Waals surface area contributed by atoms with Crippen LogP contribution in [-0.4, -0.2) is 64.3 Å².